The van der Waals surface area contributed by atoms with Gasteiger partial charge < -0.3 is 14.4 Å². The Kier molecular flexibility index (Phi) is 6.88. The Balaban J connectivity index is 2.15. The number of rotatable bonds is 4. The monoisotopic (exact) mass is 501 g/mol. The predicted molar refractivity (Wildman–Crippen MR) is 117 cm³/mol. The van der Waals surface area contributed by atoms with Gasteiger partial charge in [0.1, 0.15) is 29.9 Å². The van der Waals surface area contributed by atoms with Crippen molar-refractivity contribution in [3.8, 4) is 5.75 Å². The molecule has 0 bridgehead atoms. The predicted octanol–water partition coefficient (Wildman–Crippen LogP) is 4.32. The number of carbonyl (C=O) groups excluding carboxylic acids is 2. The minimum atomic E-state index is -4.80. The molecule has 0 saturated heterocycles. The third kappa shape index (κ3) is 5.30. The molecule has 1 aromatic carbocycles. The van der Waals surface area contributed by atoms with Crippen LogP contribution in [0.25, 0.3) is 0 Å². The summed E-state index contributed by atoms with van der Waals surface area (Å²) < 4.78 is 52.4. The van der Waals surface area contributed by atoms with Crippen molar-refractivity contribution in [3.05, 3.63) is 63.0 Å². The maximum Gasteiger partial charge on any atom is 0.431 e. The maximum absolute atomic E-state index is 13.5. The number of amides is 2. The Labute approximate surface area is 198 Å². The zero-order valence-electron chi connectivity index (χ0n) is 18.9. The van der Waals surface area contributed by atoms with Crippen molar-refractivity contribution < 1.29 is 32.2 Å². The third-order valence-corrected chi connectivity index (χ3v) is 5.15. The summed E-state index contributed by atoms with van der Waals surface area (Å²) in [6.07, 6.45) is -4.87. The van der Waals surface area contributed by atoms with E-state index < -0.39 is 58.4 Å². The molecular weight excluding hydrogens is 479 g/mol. The molecule has 0 aliphatic carbocycles. The highest BCUT2D eigenvalue weighted by molar-refractivity contribution is 6.30. The van der Waals surface area contributed by atoms with Gasteiger partial charge in [0.15, 0.2) is 11.4 Å². The van der Waals surface area contributed by atoms with E-state index in [2.05, 4.69) is 0 Å². The lowest BCUT2D eigenvalue weighted by molar-refractivity contribution is -0.173. The van der Waals surface area contributed by atoms with Crippen LogP contribution in [0.1, 0.15) is 43.7 Å². The van der Waals surface area contributed by atoms with Crippen molar-refractivity contribution in [1.82, 2.24) is 9.58 Å². The number of nitrogens with zero attached hydrogens (tertiary/aromatic N) is 3. The van der Waals surface area contributed by atoms with Crippen molar-refractivity contribution in [2.45, 2.75) is 52.1 Å². The molecule has 0 fully saturated rings. The molecule has 2 aromatic rings. The van der Waals surface area contributed by atoms with Gasteiger partial charge in [-0.15, -0.1) is 0 Å². The fourth-order valence-corrected chi connectivity index (χ4v) is 3.33. The van der Waals surface area contributed by atoms with Crippen LogP contribution < -0.4 is 15.2 Å². The lowest BCUT2D eigenvalue weighted by atomic mass is 10.2. The number of aromatic nitrogens is 1. The lowest BCUT2D eigenvalue weighted by Gasteiger charge is -2.41. The Morgan fingerprint density at radius 2 is 1.76 bits per heavy atom. The Morgan fingerprint density at radius 3 is 2.32 bits per heavy atom. The molecule has 0 unspecified atom stereocenters. The molecule has 1 atom stereocenters. The molecule has 1 aliphatic heterocycles. The summed E-state index contributed by atoms with van der Waals surface area (Å²) in [5.74, 6) is -1.73. The van der Waals surface area contributed by atoms with E-state index in [1.54, 1.807) is 51.1 Å². The summed E-state index contributed by atoms with van der Waals surface area (Å²) in [6.45, 7) is 4.54. The average Bonchev–Trinajstić information content (AvgIpc) is 2.73. The Morgan fingerprint density at radius 1 is 1.15 bits per heavy atom. The molecule has 0 radical (unpaired) electrons. The highest BCUT2D eigenvalue weighted by Crippen LogP contribution is 2.31. The number of fused-ring (bicyclic) bond motifs is 1. The largest absolute Gasteiger partial charge is 0.482 e. The van der Waals surface area contributed by atoms with E-state index in [4.69, 9.17) is 21.1 Å². The van der Waals surface area contributed by atoms with Crippen LogP contribution in [-0.4, -0.2) is 46.1 Å². The minimum absolute atomic E-state index is 0.169. The first-order valence-corrected chi connectivity index (χ1v) is 10.6. The van der Waals surface area contributed by atoms with Crippen LogP contribution in [-0.2, 0) is 11.3 Å². The smallest absolute Gasteiger partial charge is 0.431 e. The standard InChI is InChI=1S/C22H23ClF3N3O5/c1-13(22(24,25)26)27-12-29(20(32)34-21(2,3)4)28-10-15(23)17(30)18(16(28)19(27)31)33-11-14-8-6-5-7-9-14/h5-10,13H,11-12H2,1-4H3/t13-/m1/s1. The average molecular weight is 502 g/mol. The first-order valence-electron chi connectivity index (χ1n) is 10.2. The van der Waals surface area contributed by atoms with Crippen LogP contribution >= 0.6 is 11.6 Å². The molecule has 1 aromatic heterocycles. The van der Waals surface area contributed by atoms with Gasteiger partial charge in [-0.25, -0.2) is 9.47 Å². The van der Waals surface area contributed by atoms with Crippen LogP contribution in [0.5, 0.6) is 5.75 Å². The van der Waals surface area contributed by atoms with Crippen molar-refractivity contribution in [2.24, 2.45) is 0 Å². The molecule has 8 nitrogen and oxygen atoms in total. The molecule has 34 heavy (non-hydrogen) atoms. The van der Waals surface area contributed by atoms with Gasteiger partial charge >= 0.3 is 12.3 Å². The number of halogens is 4. The minimum Gasteiger partial charge on any atom is -0.482 e. The number of carbonyl (C=O) groups is 2. The quantitative estimate of drug-likeness (QED) is 0.623. The van der Waals surface area contributed by atoms with Crippen LogP contribution in [0.2, 0.25) is 5.02 Å². The molecule has 0 saturated carbocycles. The number of alkyl halides is 3. The van der Waals surface area contributed by atoms with Gasteiger partial charge in [-0.2, -0.15) is 18.2 Å². The van der Waals surface area contributed by atoms with Gasteiger partial charge in [0.25, 0.3) is 5.91 Å². The third-order valence-electron chi connectivity index (χ3n) is 4.88. The zero-order chi connectivity index (χ0) is 25.4. The van der Waals surface area contributed by atoms with Crippen LogP contribution in [0.3, 0.4) is 0 Å². The van der Waals surface area contributed by atoms with Crippen molar-refractivity contribution in [2.75, 3.05) is 11.7 Å². The van der Waals surface area contributed by atoms with Crippen molar-refractivity contribution in [3.63, 3.8) is 0 Å². The molecular formula is C22H23ClF3N3O5. The van der Waals surface area contributed by atoms with Gasteiger partial charge in [-0.1, -0.05) is 41.9 Å². The number of hydrogen-bond donors (Lipinski definition) is 0. The molecule has 1 aliphatic rings. The first-order chi connectivity index (χ1) is 15.7. The Hall–Kier alpha value is -3.21. The van der Waals surface area contributed by atoms with Crippen LogP contribution in [0.4, 0.5) is 18.0 Å². The van der Waals surface area contributed by atoms with Gasteiger partial charge in [-0.05, 0) is 33.3 Å². The number of hydrogen-bond acceptors (Lipinski definition) is 5. The summed E-state index contributed by atoms with van der Waals surface area (Å²) in [5, 5.41) is 0.357. The van der Waals surface area contributed by atoms with Gasteiger partial charge in [0.2, 0.25) is 5.43 Å². The fraction of sp³-hybridized carbons (Fsp3) is 0.409. The number of ether oxygens (including phenoxy) is 2. The van der Waals surface area contributed by atoms with Gasteiger partial charge in [0.05, 0.1) is 6.20 Å². The lowest BCUT2D eigenvalue weighted by Crippen LogP contribution is -2.61. The zero-order valence-corrected chi connectivity index (χ0v) is 19.6. The van der Waals surface area contributed by atoms with Gasteiger partial charge in [-0.3, -0.25) is 9.59 Å². The highest BCUT2D eigenvalue weighted by Gasteiger charge is 2.47. The van der Waals surface area contributed by atoms with Crippen molar-refractivity contribution >= 4 is 23.6 Å². The summed E-state index contributed by atoms with van der Waals surface area (Å²) in [6, 6.07) is 6.33. The van der Waals surface area contributed by atoms with Gasteiger partial charge in [0, 0.05) is 0 Å². The molecule has 0 spiro atoms. The molecule has 184 valence electrons. The maximum atomic E-state index is 13.5. The van der Waals surface area contributed by atoms with Crippen LogP contribution in [0.15, 0.2) is 41.3 Å². The second kappa shape index (κ2) is 9.21. The van der Waals surface area contributed by atoms with Crippen molar-refractivity contribution in [1.29, 1.82) is 0 Å². The normalized spacial score (nSPS) is 15.1. The highest BCUT2D eigenvalue weighted by atomic mass is 35.5. The summed E-state index contributed by atoms with van der Waals surface area (Å²) in [7, 11) is 0. The summed E-state index contributed by atoms with van der Waals surface area (Å²) >= 11 is 6.06. The van der Waals surface area contributed by atoms with E-state index in [-0.39, 0.29) is 6.61 Å². The van der Waals surface area contributed by atoms with E-state index in [1.807, 2.05) is 0 Å². The Bertz CT molecular complexity index is 1150. The van der Waals surface area contributed by atoms with E-state index in [1.165, 1.54) is 0 Å². The second-order valence-electron chi connectivity index (χ2n) is 8.62. The molecule has 2 amide bonds. The molecule has 2 heterocycles. The number of benzene rings is 1. The van der Waals surface area contributed by atoms with E-state index in [0.717, 1.165) is 22.8 Å². The second-order valence-corrected chi connectivity index (χ2v) is 9.02. The SMILES string of the molecule is C[C@@H](N1CN(C(=O)OC(C)(C)C)n2cc(Cl)c(=O)c(OCc3ccccc3)c2C1=O)C(F)(F)F. The van der Waals surface area contributed by atoms with E-state index in [9.17, 15) is 27.6 Å². The van der Waals surface area contributed by atoms with E-state index in [0.29, 0.717) is 10.5 Å². The topological polar surface area (TPSA) is 81.1 Å². The summed E-state index contributed by atoms with van der Waals surface area (Å²) in [5.41, 5.74) is -1.83. The van der Waals surface area contributed by atoms with E-state index >= 15 is 0 Å². The molecule has 0 N–H and O–H groups in total. The van der Waals surface area contributed by atoms with Crippen LogP contribution in [0, 0.1) is 0 Å². The molecule has 3 rings (SSSR count). The first kappa shape index (κ1) is 25.4. The fourth-order valence-electron chi connectivity index (χ4n) is 3.15. The molecule has 12 heteroatoms. The summed E-state index contributed by atoms with van der Waals surface area (Å²) in [4.78, 5) is 39.3. The number of pyridine rings is 1.